The minimum atomic E-state index is 0. The Kier molecular flexibility index (Phi) is 23.3. The van der Waals surface area contributed by atoms with Gasteiger partial charge in [-0.3, -0.25) is 0 Å². The summed E-state index contributed by atoms with van der Waals surface area (Å²) < 4.78 is 0. The van der Waals surface area contributed by atoms with Crippen LogP contribution in [0.5, 0.6) is 0 Å². The zero-order chi connectivity index (χ0) is 20.4. The summed E-state index contributed by atoms with van der Waals surface area (Å²) in [7, 11) is 0. The van der Waals surface area contributed by atoms with Crippen molar-refractivity contribution in [1.29, 1.82) is 0 Å². The molecule has 0 aliphatic heterocycles. The molecule has 164 valence electrons. The van der Waals surface area contributed by atoms with Crippen LogP contribution in [0.1, 0.15) is 144 Å². The molecular formula is C26H54KN. The molecule has 0 aliphatic carbocycles. The molecule has 0 fully saturated rings. The van der Waals surface area contributed by atoms with Gasteiger partial charge in [0, 0.05) is 0 Å². The van der Waals surface area contributed by atoms with Crippen molar-refractivity contribution in [3.05, 3.63) is 5.32 Å². The van der Waals surface area contributed by atoms with Crippen molar-refractivity contribution in [2.75, 3.05) is 13.1 Å². The third kappa shape index (κ3) is 29.8. The molecule has 0 atom stereocenters. The number of unbranched alkanes of at least 4 members (excludes halogenated alkanes) is 12. The summed E-state index contributed by atoms with van der Waals surface area (Å²) in [5, 5.41) is 4.72. The van der Waals surface area contributed by atoms with E-state index in [1.54, 1.807) is 0 Å². The molecule has 0 saturated carbocycles. The summed E-state index contributed by atoms with van der Waals surface area (Å²) in [4.78, 5) is 0. The molecule has 2 heteroatoms. The van der Waals surface area contributed by atoms with Gasteiger partial charge in [0.2, 0.25) is 0 Å². The van der Waals surface area contributed by atoms with E-state index in [2.05, 4.69) is 41.5 Å². The van der Waals surface area contributed by atoms with Crippen LogP contribution in [0.3, 0.4) is 0 Å². The fourth-order valence-electron chi connectivity index (χ4n) is 3.64. The largest absolute Gasteiger partial charge is 1.00 e. The fourth-order valence-corrected chi connectivity index (χ4v) is 3.64. The third-order valence-corrected chi connectivity index (χ3v) is 5.49. The maximum absolute atomic E-state index is 4.72. The van der Waals surface area contributed by atoms with Crippen LogP contribution in [0.15, 0.2) is 0 Å². The summed E-state index contributed by atoms with van der Waals surface area (Å²) in [6.45, 7) is 16.3. The van der Waals surface area contributed by atoms with E-state index in [4.69, 9.17) is 5.32 Å². The second-order valence-electron chi connectivity index (χ2n) is 11.2. The van der Waals surface area contributed by atoms with E-state index in [0.29, 0.717) is 10.8 Å². The third-order valence-electron chi connectivity index (χ3n) is 5.49. The van der Waals surface area contributed by atoms with Crippen LogP contribution >= 0.6 is 0 Å². The molecule has 0 aromatic heterocycles. The first-order valence-electron chi connectivity index (χ1n) is 12.3. The number of hydrogen-bond acceptors (Lipinski definition) is 0. The number of rotatable bonds is 18. The Balaban J connectivity index is 0. The van der Waals surface area contributed by atoms with Gasteiger partial charge in [-0.25, -0.2) is 0 Å². The molecule has 0 rings (SSSR count). The second kappa shape index (κ2) is 20.5. The van der Waals surface area contributed by atoms with Gasteiger partial charge in [0.15, 0.2) is 0 Å². The Morgan fingerprint density at radius 2 is 0.643 bits per heavy atom. The van der Waals surface area contributed by atoms with Crippen molar-refractivity contribution >= 4 is 0 Å². The van der Waals surface area contributed by atoms with Gasteiger partial charge in [-0.1, -0.05) is 131 Å². The van der Waals surface area contributed by atoms with Crippen molar-refractivity contribution in [3.63, 3.8) is 0 Å². The van der Waals surface area contributed by atoms with Crippen LogP contribution < -0.4 is 51.4 Å². The Morgan fingerprint density at radius 1 is 0.393 bits per heavy atom. The predicted molar refractivity (Wildman–Crippen MR) is 126 cm³/mol. The van der Waals surface area contributed by atoms with Crippen LogP contribution in [0.4, 0.5) is 0 Å². The molecule has 0 heterocycles. The fraction of sp³-hybridized carbons (Fsp3) is 1.00. The minimum absolute atomic E-state index is 0. The Labute approximate surface area is 222 Å². The summed E-state index contributed by atoms with van der Waals surface area (Å²) in [6, 6.07) is 0. The summed E-state index contributed by atoms with van der Waals surface area (Å²) >= 11 is 0. The maximum Gasteiger partial charge on any atom is 1.00 e. The van der Waals surface area contributed by atoms with Crippen molar-refractivity contribution in [2.45, 2.75) is 144 Å². The standard InChI is InChI=1S/C26H54N.K/c1-25(2,3)21-17-13-9-7-11-15-19-23-27-24-20-16-12-8-10-14-18-22-26(4,5)6;/h7-24H2,1-6H3;/q-1;+1. The topological polar surface area (TPSA) is 14.1 Å². The van der Waals surface area contributed by atoms with E-state index in [0.717, 1.165) is 13.1 Å². The predicted octanol–water partition coefficient (Wildman–Crippen LogP) is 6.70. The van der Waals surface area contributed by atoms with Gasteiger partial charge in [0.1, 0.15) is 0 Å². The minimum Gasteiger partial charge on any atom is -0.662 e. The normalized spacial score (nSPS) is 12.2. The smallest absolute Gasteiger partial charge is 0.662 e. The molecular weight excluding hydrogens is 365 g/mol. The summed E-state index contributed by atoms with van der Waals surface area (Å²) in [5.74, 6) is 0. The van der Waals surface area contributed by atoms with E-state index in [1.807, 2.05) is 0 Å². The number of hydrogen-bond donors (Lipinski definition) is 0. The molecule has 0 saturated heterocycles. The average molecular weight is 420 g/mol. The van der Waals surface area contributed by atoms with Crippen molar-refractivity contribution in [2.24, 2.45) is 10.8 Å². The molecule has 0 N–H and O–H groups in total. The van der Waals surface area contributed by atoms with Crippen LogP contribution in [-0.4, -0.2) is 13.1 Å². The van der Waals surface area contributed by atoms with Crippen LogP contribution in [0.25, 0.3) is 5.32 Å². The van der Waals surface area contributed by atoms with E-state index < -0.39 is 0 Å². The molecule has 28 heavy (non-hydrogen) atoms. The van der Waals surface area contributed by atoms with Gasteiger partial charge >= 0.3 is 51.4 Å². The van der Waals surface area contributed by atoms with E-state index in [9.17, 15) is 0 Å². The van der Waals surface area contributed by atoms with Crippen molar-refractivity contribution in [1.82, 2.24) is 0 Å². The summed E-state index contributed by atoms with van der Waals surface area (Å²) in [5.41, 5.74) is 1.04. The first-order chi connectivity index (χ1) is 12.7. The molecule has 0 amide bonds. The molecule has 0 aromatic carbocycles. The Bertz CT molecular complexity index is 271. The zero-order valence-corrected chi connectivity index (χ0v) is 24.3. The monoisotopic (exact) mass is 419 g/mol. The molecule has 1 nitrogen and oxygen atoms in total. The van der Waals surface area contributed by atoms with E-state index >= 15 is 0 Å². The molecule has 0 radical (unpaired) electrons. The van der Waals surface area contributed by atoms with Crippen molar-refractivity contribution in [3.8, 4) is 0 Å². The van der Waals surface area contributed by atoms with Crippen molar-refractivity contribution < 1.29 is 51.4 Å². The quantitative estimate of drug-likeness (QED) is 0.173. The van der Waals surface area contributed by atoms with Gasteiger partial charge < -0.3 is 5.32 Å². The molecule has 0 aromatic rings. The van der Waals surface area contributed by atoms with E-state index in [-0.39, 0.29) is 51.4 Å². The first-order valence-corrected chi connectivity index (χ1v) is 12.3. The van der Waals surface area contributed by atoms with Crippen LogP contribution in [0, 0.1) is 10.8 Å². The maximum atomic E-state index is 4.72. The SMILES string of the molecule is CC(C)(C)CCCCCCCCC[N-]CCCCCCCCCC(C)(C)C.[K+]. The Morgan fingerprint density at radius 3 is 0.929 bits per heavy atom. The molecule has 0 bridgehead atoms. The van der Waals surface area contributed by atoms with Gasteiger partial charge in [-0.15, -0.1) is 13.1 Å². The van der Waals surface area contributed by atoms with Gasteiger partial charge in [0.25, 0.3) is 0 Å². The van der Waals surface area contributed by atoms with E-state index in [1.165, 1.54) is 103 Å². The van der Waals surface area contributed by atoms with Crippen LogP contribution in [-0.2, 0) is 0 Å². The first kappa shape index (κ1) is 31.8. The molecule has 0 aliphatic rings. The second-order valence-corrected chi connectivity index (χ2v) is 11.2. The molecule has 0 spiro atoms. The average Bonchev–Trinajstić information content (AvgIpc) is 2.55. The summed E-state index contributed by atoms with van der Waals surface area (Å²) in [6.07, 6.45) is 22.4. The zero-order valence-electron chi connectivity index (χ0n) is 21.2. The molecule has 0 unspecified atom stereocenters. The van der Waals surface area contributed by atoms with Crippen LogP contribution in [0.2, 0.25) is 0 Å². The van der Waals surface area contributed by atoms with Gasteiger partial charge in [-0.2, -0.15) is 0 Å². The number of nitrogens with zero attached hydrogens (tertiary/aromatic N) is 1. The van der Waals surface area contributed by atoms with Gasteiger partial charge in [0.05, 0.1) is 0 Å². The van der Waals surface area contributed by atoms with Gasteiger partial charge in [-0.05, 0) is 23.7 Å². The Hall–Kier alpha value is 1.60.